The zero-order valence-electron chi connectivity index (χ0n) is 14.4. The summed E-state index contributed by atoms with van der Waals surface area (Å²) in [5.41, 5.74) is 2.32. The molecule has 1 amide bonds. The standard InChI is InChI=1S/C17H22N6O2/c1-22-6-8-23(9-7-22)15-10-14(18-11-19-15)16(24)20-17-12-4-2-3-5-13(12)21-25-17/h10-11H,2-9H2,1H3,(H,20,24). The lowest BCUT2D eigenvalue weighted by molar-refractivity contribution is 0.101. The topological polar surface area (TPSA) is 87.4 Å². The third-order valence-corrected chi connectivity index (χ3v) is 4.90. The number of likely N-dealkylation sites (N-methyl/N-ethyl adjacent to an activating group) is 1. The fourth-order valence-corrected chi connectivity index (χ4v) is 3.34. The van der Waals surface area contributed by atoms with E-state index >= 15 is 0 Å². The van der Waals surface area contributed by atoms with Crippen molar-refractivity contribution < 1.29 is 9.32 Å². The maximum Gasteiger partial charge on any atom is 0.276 e. The van der Waals surface area contributed by atoms with Crippen molar-refractivity contribution >= 4 is 17.6 Å². The molecule has 0 spiro atoms. The van der Waals surface area contributed by atoms with Gasteiger partial charge in [-0.05, 0) is 32.7 Å². The molecule has 1 saturated heterocycles. The van der Waals surface area contributed by atoms with E-state index in [1.165, 1.54) is 6.33 Å². The monoisotopic (exact) mass is 342 g/mol. The molecule has 0 bridgehead atoms. The van der Waals surface area contributed by atoms with Crippen molar-refractivity contribution in [3.63, 3.8) is 0 Å². The first-order chi connectivity index (χ1) is 12.2. The maximum absolute atomic E-state index is 12.6. The Morgan fingerprint density at radius 3 is 2.80 bits per heavy atom. The fourth-order valence-electron chi connectivity index (χ4n) is 3.34. The van der Waals surface area contributed by atoms with Crippen LogP contribution >= 0.6 is 0 Å². The molecule has 132 valence electrons. The smallest absolute Gasteiger partial charge is 0.276 e. The van der Waals surface area contributed by atoms with Crippen LogP contribution < -0.4 is 10.2 Å². The average molecular weight is 342 g/mol. The zero-order chi connectivity index (χ0) is 17.2. The Balaban J connectivity index is 1.49. The van der Waals surface area contributed by atoms with Gasteiger partial charge in [0.25, 0.3) is 5.91 Å². The minimum atomic E-state index is -0.290. The molecular weight excluding hydrogens is 320 g/mol. The number of aryl methyl sites for hydroxylation is 1. The van der Waals surface area contributed by atoms with E-state index < -0.39 is 0 Å². The summed E-state index contributed by atoms with van der Waals surface area (Å²) in [5.74, 6) is 0.953. The molecule has 1 aliphatic carbocycles. The van der Waals surface area contributed by atoms with Gasteiger partial charge in [0.1, 0.15) is 17.8 Å². The number of carbonyl (C=O) groups excluding carboxylic acids is 1. The first-order valence-corrected chi connectivity index (χ1v) is 8.75. The number of nitrogens with one attached hydrogen (secondary N) is 1. The van der Waals surface area contributed by atoms with Gasteiger partial charge in [0.05, 0.1) is 5.69 Å². The van der Waals surface area contributed by atoms with E-state index in [-0.39, 0.29) is 5.91 Å². The van der Waals surface area contributed by atoms with E-state index in [2.05, 4.69) is 37.3 Å². The van der Waals surface area contributed by atoms with Crippen molar-refractivity contribution in [3.8, 4) is 0 Å². The van der Waals surface area contributed by atoms with Gasteiger partial charge in [-0.2, -0.15) is 0 Å². The Labute approximate surface area is 146 Å². The molecule has 1 aliphatic heterocycles. The van der Waals surface area contributed by atoms with E-state index in [4.69, 9.17) is 4.52 Å². The molecule has 3 heterocycles. The highest BCUT2D eigenvalue weighted by Gasteiger charge is 2.22. The number of carbonyl (C=O) groups is 1. The molecular formula is C17H22N6O2. The van der Waals surface area contributed by atoms with Crippen molar-refractivity contribution in [1.29, 1.82) is 0 Å². The van der Waals surface area contributed by atoms with E-state index in [0.717, 1.165) is 68.9 Å². The van der Waals surface area contributed by atoms with Crippen LogP contribution in [0.2, 0.25) is 0 Å². The SMILES string of the molecule is CN1CCN(c2cc(C(=O)Nc3onc4c3CCCC4)ncn2)CC1. The van der Waals surface area contributed by atoms with Gasteiger partial charge < -0.3 is 14.3 Å². The summed E-state index contributed by atoms with van der Waals surface area (Å²) in [6.45, 7) is 3.75. The van der Waals surface area contributed by atoms with Gasteiger partial charge in [0, 0.05) is 37.8 Å². The summed E-state index contributed by atoms with van der Waals surface area (Å²) in [4.78, 5) is 25.5. The van der Waals surface area contributed by atoms with E-state index in [1.807, 2.05) is 0 Å². The third-order valence-electron chi connectivity index (χ3n) is 4.90. The van der Waals surface area contributed by atoms with Gasteiger partial charge in [0.2, 0.25) is 5.88 Å². The first kappa shape index (κ1) is 16.0. The van der Waals surface area contributed by atoms with Crippen LogP contribution in [0.25, 0.3) is 0 Å². The number of aromatic nitrogens is 3. The Morgan fingerprint density at radius 1 is 1.16 bits per heavy atom. The van der Waals surface area contributed by atoms with Crippen LogP contribution in [0.1, 0.15) is 34.6 Å². The van der Waals surface area contributed by atoms with Crippen LogP contribution in [-0.2, 0) is 12.8 Å². The summed E-state index contributed by atoms with van der Waals surface area (Å²) in [6.07, 6.45) is 5.46. The average Bonchev–Trinajstić information content (AvgIpc) is 3.05. The zero-order valence-corrected chi connectivity index (χ0v) is 14.4. The van der Waals surface area contributed by atoms with Crippen LogP contribution in [0, 0.1) is 0 Å². The van der Waals surface area contributed by atoms with Crippen LogP contribution in [0.4, 0.5) is 11.7 Å². The predicted octanol–water partition coefficient (Wildman–Crippen LogP) is 1.35. The summed E-state index contributed by atoms with van der Waals surface area (Å²) >= 11 is 0. The van der Waals surface area contributed by atoms with Gasteiger partial charge >= 0.3 is 0 Å². The predicted molar refractivity (Wildman–Crippen MR) is 92.8 cm³/mol. The molecule has 0 radical (unpaired) electrons. The van der Waals surface area contributed by atoms with Crippen LogP contribution in [0.5, 0.6) is 0 Å². The molecule has 0 unspecified atom stereocenters. The third kappa shape index (κ3) is 3.34. The Bertz CT molecular complexity index is 766. The molecule has 8 heteroatoms. The van der Waals surface area contributed by atoms with Crippen molar-refractivity contribution in [2.75, 3.05) is 43.4 Å². The number of fused-ring (bicyclic) bond motifs is 1. The molecule has 0 aromatic carbocycles. The number of rotatable bonds is 3. The number of amides is 1. The molecule has 2 aromatic heterocycles. The normalized spacial score (nSPS) is 18.0. The van der Waals surface area contributed by atoms with Crippen LogP contribution in [0.15, 0.2) is 16.9 Å². The lowest BCUT2D eigenvalue weighted by atomic mass is 9.98. The highest BCUT2D eigenvalue weighted by Crippen LogP contribution is 2.27. The highest BCUT2D eigenvalue weighted by atomic mass is 16.5. The summed E-state index contributed by atoms with van der Waals surface area (Å²) in [5, 5.41) is 6.88. The number of hydrogen-bond acceptors (Lipinski definition) is 7. The van der Waals surface area contributed by atoms with E-state index in [0.29, 0.717) is 11.6 Å². The molecule has 2 aliphatic rings. The quantitative estimate of drug-likeness (QED) is 0.901. The second-order valence-corrected chi connectivity index (χ2v) is 6.65. The Morgan fingerprint density at radius 2 is 1.96 bits per heavy atom. The Hall–Kier alpha value is -2.48. The van der Waals surface area contributed by atoms with Gasteiger partial charge in [-0.15, -0.1) is 0 Å². The minimum absolute atomic E-state index is 0.290. The molecule has 8 nitrogen and oxygen atoms in total. The number of nitrogens with zero attached hydrogens (tertiary/aromatic N) is 5. The maximum atomic E-state index is 12.6. The largest absolute Gasteiger partial charge is 0.354 e. The number of piperazine rings is 1. The molecule has 25 heavy (non-hydrogen) atoms. The van der Waals surface area contributed by atoms with Crippen LogP contribution in [-0.4, -0.2) is 59.2 Å². The highest BCUT2D eigenvalue weighted by molar-refractivity contribution is 6.02. The van der Waals surface area contributed by atoms with Gasteiger partial charge in [-0.25, -0.2) is 9.97 Å². The van der Waals surface area contributed by atoms with Crippen molar-refractivity contribution in [2.24, 2.45) is 0 Å². The molecule has 2 aromatic rings. The summed E-state index contributed by atoms with van der Waals surface area (Å²) in [6, 6.07) is 1.74. The van der Waals surface area contributed by atoms with Crippen molar-refractivity contribution in [1.82, 2.24) is 20.0 Å². The number of anilines is 2. The Kier molecular flexibility index (Phi) is 4.35. The first-order valence-electron chi connectivity index (χ1n) is 8.75. The van der Waals surface area contributed by atoms with Crippen molar-refractivity contribution in [2.45, 2.75) is 25.7 Å². The lowest BCUT2D eigenvalue weighted by Gasteiger charge is -2.33. The van der Waals surface area contributed by atoms with Gasteiger partial charge in [-0.1, -0.05) is 5.16 Å². The fraction of sp³-hybridized carbons (Fsp3) is 0.529. The minimum Gasteiger partial charge on any atom is -0.354 e. The molecule has 4 rings (SSSR count). The molecule has 1 N–H and O–H groups in total. The second-order valence-electron chi connectivity index (χ2n) is 6.65. The summed E-state index contributed by atoms with van der Waals surface area (Å²) < 4.78 is 5.33. The summed E-state index contributed by atoms with van der Waals surface area (Å²) in [7, 11) is 2.11. The molecule has 0 atom stereocenters. The van der Waals surface area contributed by atoms with Gasteiger partial charge in [0.15, 0.2) is 0 Å². The lowest BCUT2D eigenvalue weighted by Crippen LogP contribution is -2.44. The van der Waals surface area contributed by atoms with Crippen LogP contribution in [0.3, 0.4) is 0 Å². The van der Waals surface area contributed by atoms with E-state index in [9.17, 15) is 4.79 Å². The number of hydrogen-bond donors (Lipinski definition) is 1. The van der Waals surface area contributed by atoms with Gasteiger partial charge in [-0.3, -0.25) is 10.1 Å². The second kappa shape index (κ2) is 6.79. The van der Waals surface area contributed by atoms with E-state index in [1.54, 1.807) is 6.07 Å². The molecule has 1 fully saturated rings. The van der Waals surface area contributed by atoms with Crippen molar-refractivity contribution in [3.05, 3.63) is 29.3 Å². The molecule has 0 saturated carbocycles.